The summed E-state index contributed by atoms with van der Waals surface area (Å²) >= 11 is 0. The maximum atomic E-state index is 11.1. The Labute approximate surface area is 110 Å². The molecule has 0 N–H and O–H groups in total. The van der Waals surface area contributed by atoms with Crippen molar-refractivity contribution < 1.29 is 56.5 Å². The van der Waals surface area contributed by atoms with Gasteiger partial charge in [-0.2, -0.15) is 0 Å². The zero-order valence-electron chi connectivity index (χ0n) is 7.08. The first-order chi connectivity index (χ1) is 4.84. The molecule has 0 fully saturated rings. The van der Waals surface area contributed by atoms with E-state index >= 15 is 0 Å². The van der Waals surface area contributed by atoms with Crippen molar-refractivity contribution in [3.63, 3.8) is 0 Å². The number of hydrogen-bond donors (Lipinski definition) is 0. The molecule has 0 aliphatic heterocycles. The molecule has 0 spiro atoms. The van der Waals surface area contributed by atoms with Crippen molar-refractivity contribution in [2.45, 2.75) is 19.4 Å². The molecule has 1 atom stereocenters. The average molecular weight is 174 g/mol. The number of benzene rings is 1. The molecule has 0 saturated carbocycles. The van der Waals surface area contributed by atoms with E-state index in [1.165, 1.54) is 0 Å². The second kappa shape index (κ2) is 6.35. The molecule has 1 rings (SSSR count). The summed E-state index contributed by atoms with van der Waals surface area (Å²) in [7, 11) is 0. The van der Waals surface area contributed by atoms with E-state index in [4.69, 9.17) is 0 Å². The molecule has 0 aromatic heterocycles. The minimum Gasteiger partial charge on any atom is -0.849 e. The Balaban J connectivity index is 0.000001000. The van der Waals surface area contributed by atoms with Crippen LogP contribution in [0.4, 0.5) is 0 Å². The molecule has 2 heteroatoms. The summed E-state index contributed by atoms with van der Waals surface area (Å²) in [6.07, 6.45) is 0.130. The zero-order valence-corrected chi connectivity index (χ0v) is 10.2. The molecule has 0 bridgehead atoms. The third kappa shape index (κ3) is 3.83. The van der Waals surface area contributed by atoms with Crippen LogP contribution in [0.25, 0.3) is 0 Å². The summed E-state index contributed by atoms with van der Waals surface area (Å²) in [6, 6.07) is 9.47. The quantitative estimate of drug-likeness (QED) is 0.501. The third-order valence-corrected chi connectivity index (χ3v) is 1.54. The van der Waals surface area contributed by atoms with Gasteiger partial charge in [-0.3, -0.25) is 0 Å². The van der Waals surface area contributed by atoms with E-state index in [1.807, 2.05) is 37.3 Å². The maximum absolute atomic E-state index is 11.1. The summed E-state index contributed by atoms with van der Waals surface area (Å²) < 4.78 is 0. The number of rotatable bonds is 2. The number of hydrogen-bond acceptors (Lipinski definition) is 1. The van der Waals surface area contributed by atoms with Crippen molar-refractivity contribution in [1.29, 1.82) is 0 Å². The van der Waals surface area contributed by atoms with E-state index in [1.54, 1.807) is 0 Å². The fourth-order valence-corrected chi connectivity index (χ4v) is 0.903. The minimum absolute atomic E-state index is 0. The first-order valence-corrected chi connectivity index (χ1v) is 3.55. The average Bonchev–Trinajstić information content (AvgIpc) is 2.05. The van der Waals surface area contributed by atoms with Gasteiger partial charge in [-0.05, 0) is 0 Å². The van der Waals surface area contributed by atoms with Gasteiger partial charge in [0.25, 0.3) is 0 Å². The van der Waals surface area contributed by atoms with Crippen LogP contribution in [0.5, 0.6) is 0 Å². The molecule has 1 unspecified atom stereocenters. The minimum atomic E-state index is -0.541. The van der Waals surface area contributed by atoms with Crippen molar-refractivity contribution in [2.75, 3.05) is 0 Å². The van der Waals surface area contributed by atoms with Crippen LogP contribution in [0.1, 0.15) is 25.0 Å². The molecule has 0 saturated heterocycles. The van der Waals surface area contributed by atoms with Crippen LogP contribution in [-0.4, -0.2) is 0 Å². The topological polar surface area (TPSA) is 23.1 Å². The molecule has 0 heterocycles. The Bertz CT molecular complexity index is 186. The van der Waals surface area contributed by atoms with Crippen molar-refractivity contribution in [3.05, 3.63) is 35.9 Å². The second-order valence-electron chi connectivity index (χ2n) is 2.31. The van der Waals surface area contributed by atoms with Crippen molar-refractivity contribution >= 4 is 0 Å². The van der Waals surface area contributed by atoms with Crippen LogP contribution in [-0.2, 0) is 0 Å². The zero-order chi connectivity index (χ0) is 7.40. The Morgan fingerprint density at radius 3 is 2.27 bits per heavy atom. The Kier molecular flexibility index (Phi) is 6.82. The molecule has 0 radical (unpaired) electrons. The smallest absolute Gasteiger partial charge is 0.849 e. The van der Waals surface area contributed by atoms with Gasteiger partial charge >= 0.3 is 51.4 Å². The molecule has 11 heavy (non-hydrogen) atoms. The van der Waals surface area contributed by atoms with Crippen molar-refractivity contribution in [2.24, 2.45) is 0 Å². The molecule has 1 aromatic carbocycles. The van der Waals surface area contributed by atoms with E-state index in [-0.39, 0.29) is 51.4 Å². The van der Waals surface area contributed by atoms with Gasteiger partial charge in [-0.15, -0.1) is 6.10 Å². The SMILES string of the molecule is CCC([O-])c1ccccc1.[K+]. The molecule has 0 aliphatic carbocycles. The Hall–Kier alpha value is 0.816. The second-order valence-corrected chi connectivity index (χ2v) is 2.31. The van der Waals surface area contributed by atoms with Gasteiger partial charge < -0.3 is 5.11 Å². The molecule has 0 aliphatic rings. The predicted octanol–water partition coefficient (Wildman–Crippen LogP) is -1.50. The van der Waals surface area contributed by atoms with E-state index in [9.17, 15) is 5.11 Å². The van der Waals surface area contributed by atoms with Gasteiger partial charge in [-0.1, -0.05) is 49.2 Å². The van der Waals surface area contributed by atoms with Gasteiger partial charge in [0.2, 0.25) is 0 Å². The van der Waals surface area contributed by atoms with Crippen LogP contribution < -0.4 is 56.5 Å². The first kappa shape index (κ1) is 11.8. The molecule has 1 aromatic rings. The van der Waals surface area contributed by atoms with Gasteiger partial charge in [0, 0.05) is 0 Å². The summed E-state index contributed by atoms with van der Waals surface area (Å²) in [5.41, 5.74) is 0.894. The Morgan fingerprint density at radius 2 is 1.82 bits per heavy atom. The fourth-order valence-electron chi connectivity index (χ4n) is 0.903. The predicted molar refractivity (Wildman–Crippen MR) is 39.5 cm³/mol. The summed E-state index contributed by atoms with van der Waals surface area (Å²) in [6.45, 7) is 1.91. The van der Waals surface area contributed by atoms with Crippen LogP contribution in [0, 0.1) is 0 Å². The summed E-state index contributed by atoms with van der Waals surface area (Å²) in [5, 5.41) is 11.1. The van der Waals surface area contributed by atoms with Gasteiger partial charge in [-0.25, -0.2) is 0 Å². The largest absolute Gasteiger partial charge is 1.00 e. The van der Waals surface area contributed by atoms with Crippen molar-refractivity contribution in [3.8, 4) is 0 Å². The van der Waals surface area contributed by atoms with E-state index in [0.717, 1.165) is 5.56 Å². The van der Waals surface area contributed by atoms with E-state index in [0.29, 0.717) is 6.42 Å². The molecule has 54 valence electrons. The van der Waals surface area contributed by atoms with Crippen LogP contribution >= 0.6 is 0 Å². The van der Waals surface area contributed by atoms with Crippen LogP contribution in [0.3, 0.4) is 0 Å². The molecule has 0 amide bonds. The maximum Gasteiger partial charge on any atom is 1.00 e. The van der Waals surface area contributed by atoms with Gasteiger partial charge in [0.1, 0.15) is 0 Å². The van der Waals surface area contributed by atoms with E-state index < -0.39 is 6.10 Å². The molecular formula is C9H11KO. The van der Waals surface area contributed by atoms with Gasteiger partial charge in [0.05, 0.1) is 0 Å². The first-order valence-electron chi connectivity index (χ1n) is 3.55. The standard InChI is InChI=1S/C9H11O.K/c1-2-9(10)8-6-4-3-5-7-8;/h3-7,9H,2H2,1H3;/q-1;+1. The fraction of sp³-hybridized carbons (Fsp3) is 0.333. The van der Waals surface area contributed by atoms with E-state index in [2.05, 4.69) is 0 Å². The molecular weight excluding hydrogens is 163 g/mol. The summed E-state index contributed by atoms with van der Waals surface area (Å²) in [4.78, 5) is 0. The van der Waals surface area contributed by atoms with Gasteiger partial charge in [0.15, 0.2) is 0 Å². The monoisotopic (exact) mass is 174 g/mol. The summed E-state index contributed by atoms with van der Waals surface area (Å²) in [5.74, 6) is 0. The van der Waals surface area contributed by atoms with Crippen LogP contribution in [0.2, 0.25) is 0 Å². The third-order valence-electron chi connectivity index (χ3n) is 1.54. The normalized spacial score (nSPS) is 11.8. The van der Waals surface area contributed by atoms with Crippen LogP contribution in [0.15, 0.2) is 30.3 Å². The molecule has 1 nitrogen and oxygen atoms in total. The van der Waals surface area contributed by atoms with Crippen molar-refractivity contribution in [1.82, 2.24) is 0 Å². The Morgan fingerprint density at radius 1 is 1.27 bits per heavy atom.